The molecule has 0 aliphatic rings. The maximum atomic E-state index is 12.4. The number of anilines is 1. The molecule has 0 saturated carbocycles. The van der Waals surface area contributed by atoms with Gasteiger partial charge in [-0.15, -0.1) is 0 Å². The molecule has 0 heterocycles. The van der Waals surface area contributed by atoms with E-state index in [-0.39, 0.29) is 24.4 Å². The monoisotopic (exact) mass is 422 g/mol. The molecule has 0 spiro atoms. The van der Waals surface area contributed by atoms with Crippen molar-refractivity contribution in [3.63, 3.8) is 0 Å². The first-order valence-electron chi connectivity index (χ1n) is 9.15. The number of sulfonamides is 1. The Balaban J connectivity index is 1.92. The third kappa shape index (κ3) is 7.17. The third-order valence-corrected chi connectivity index (χ3v) is 5.66. The van der Waals surface area contributed by atoms with Crippen LogP contribution in [0.4, 0.5) is 5.69 Å². The molecule has 7 heteroatoms. The number of carbonyl (C=O) groups is 1. The average molecular weight is 423 g/mol. The van der Waals surface area contributed by atoms with Gasteiger partial charge in [-0.25, -0.2) is 8.42 Å². The predicted molar refractivity (Wildman–Crippen MR) is 115 cm³/mol. The lowest BCUT2D eigenvalue weighted by molar-refractivity contribution is -0.122. The van der Waals surface area contributed by atoms with E-state index in [2.05, 4.69) is 5.32 Å². The number of rotatable bonds is 9. The summed E-state index contributed by atoms with van der Waals surface area (Å²) in [6.07, 6.45) is 2.52. The number of halogens is 1. The highest BCUT2D eigenvalue weighted by Gasteiger charge is 2.22. The molecule has 28 heavy (non-hydrogen) atoms. The van der Waals surface area contributed by atoms with E-state index in [0.29, 0.717) is 17.1 Å². The van der Waals surface area contributed by atoms with Gasteiger partial charge in [0.05, 0.1) is 11.9 Å². The van der Waals surface area contributed by atoms with Gasteiger partial charge in [0.1, 0.15) is 0 Å². The van der Waals surface area contributed by atoms with Crippen molar-refractivity contribution in [3.8, 4) is 0 Å². The van der Waals surface area contributed by atoms with Crippen LogP contribution in [0.5, 0.6) is 0 Å². The molecule has 0 aliphatic heterocycles. The SMILES string of the molecule is CC(C)(Cc1ccccc1)NC(=O)CCCN(c1cccc(Cl)c1)S(C)(=O)=O. The summed E-state index contributed by atoms with van der Waals surface area (Å²) < 4.78 is 25.5. The first-order chi connectivity index (χ1) is 13.1. The summed E-state index contributed by atoms with van der Waals surface area (Å²) in [5.74, 6) is -0.0968. The number of amides is 1. The first-order valence-corrected chi connectivity index (χ1v) is 11.4. The lowest BCUT2D eigenvalue weighted by Crippen LogP contribution is -2.45. The molecule has 1 amide bonds. The number of carbonyl (C=O) groups excluding carboxylic acids is 1. The van der Waals surface area contributed by atoms with Gasteiger partial charge in [-0.1, -0.05) is 48.0 Å². The van der Waals surface area contributed by atoms with Crippen LogP contribution in [0.15, 0.2) is 54.6 Å². The van der Waals surface area contributed by atoms with Crippen LogP contribution in [0, 0.1) is 0 Å². The van der Waals surface area contributed by atoms with Crippen LogP contribution in [-0.4, -0.2) is 32.7 Å². The maximum Gasteiger partial charge on any atom is 0.232 e. The summed E-state index contributed by atoms with van der Waals surface area (Å²) in [5, 5.41) is 3.50. The molecular weight excluding hydrogens is 396 g/mol. The van der Waals surface area contributed by atoms with Crippen LogP contribution in [0.1, 0.15) is 32.3 Å². The minimum absolute atomic E-state index is 0.0968. The Morgan fingerprint density at radius 2 is 1.79 bits per heavy atom. The van der Waals surface area contributed by atoms with E-state index < -0.39 is 10.0 Å². The topological polar surface area (TPSA) is 66.5 Å². The fourth-order valence-electron chi connectivity index (χ4n) is 3.09. The fourth-order valence-corrected chi connectivity index (χ4v) is 4.23. The Labute approximate surface area is 172 Å². The zero-order valence-corrected chi connectivity index (χ0v) is 18.1. The Morgan fingerprint density at radius 3 is 2.39 bits per heavy atom. The van der Waals surface area contributed by atoms with E-state index in [1.807, 2.05) is 44.2 Å². The van der Waals surface area contributed by atoms with Gasteiger partial charge in [-0.3, -0.25) is 9.10 Å². The first kappa shape index (κ1) is 22.2. The molecule has 0 bridgehead atoms. The van der Waals surface area contributed by atoms with Crippen molar-refractivity contribution < 1.29 is 13.2 Å². The Kier molecular flexibility index (Phi) is 7.49. The second-order valence-corrected chi connectivity index (χ2v) is 9.86. The highest BCUT2D eigenvalue weighted by molar-refractivity contribution is 7.92. The molecule has 0 atom stereocenters. The highest BCUT2D eigenvalue weighted by Crippen LogP contribution is 2.22. The Hall–Kier alpha value is -2.05. The summed E-state index contributed by atoms with van der Waals surface area (Å²) in [7, 11) is -3.47. The van der Waals surface area contributed by atoms with Crippen molar-refractivity contribution in [2.24, 2.45) is 0 Å². The molecular formula is C21H27ClN2O3S. The molecule has 0 aromatic heterocycles. The van der Waals surface area contributed by atoms with Gasteiger partial charge in [-0.05, 0) is 50.5 Å². The lowest BCUT2D eigenvalue weighted by atomic mass is 9.94. The fraction of sp³-hybridized carbons (Fsp3) is 0.381. The van der Waals surface area contributed by atoms with Gasteiger partial charge >= 0.3 is 0 Å². The van der Waals surface area contributed by atoms with Crippen molar-refractivity contribution in [2.45, 2.75) is 38.6 Å². The van der Waals surface area contributed by atoms with Crippen LogP contribution in [0.3, 0.4) is 0 Å². The number of benzene rings is 2. The lowest BCUT2D eigenvalue weighted by Gasteiger charge is -2.27. The van der Waals surface area contributed by atoms with Crippen LogP contribution >= 0.6 is 11.6 Å². The van der Waals surface area contributed by atoms with Crippen molar-refractivity contribution in [3.05, 3.63) is 65.2 Å². The number of hydrogen-bond acceptors (Lipinski definition) is 3. The zero-order chi connectivity index (χ0) is 20.8. The summed E-state index contributed by atoms with van der Waals surface area (Å²) in [6, 6.07) is 16.7. The Bertz CT molecular complexity index is 899. The molecule has 1 N–H and O–H groups in total. The summed E-state index contributed by atoms with van der Waals surface area (Å²) in [5.41, 5.74) is 1.26. The van der Waals surface area contributed by atoms with Crippen LogP contribution in [0.2, 0.25) is 5.02 Å². The predicted octanol–water partition coefficient (Wildman–Crippen LogP) is 4.02. The van der Waals surface area contributed by atoms with E-state index in [4.69, 9.17) is 11.6 Å². The minimum Gasteiger partial charge on any atom is -0.351 e. The molecule has 0 radical (unpaired) electrons. The highest BCUT2D eigenvalue weighted by atomic mass is 35.5. The van der Waals surface area contributed by atoms with E-state index in [0.717, 1.165) is 18.2 Å². The van der Waals surface area contributed by atoms with Crippen LogP contribution < -0.4 is 9.62 Å². The second kappa shape index (κ2) is 9.43. The standard InChI is InChI=1S/C21H27ClN2O3S/c1-21(2,16-17-9-5-4-6-10-17)23-20(25)13-8-14-24(28(3,26)27)19-12-7-11-18(22)15-19/h4-7,9-12,15H,8,13-14,16H2,1-3H3,(H,23,25). The molecule has 2 rings (SSSR count). The van der Waals surface area contributed by atoms with Crippen molar-refractivity contribution >= 4 is 33.2 Å². The molecule has 2 aromatic carbocycles. The van der Waals surface area contributed by atoms with Crippen LogP contribution in [-0.2, 0) is 21.2 Å². The Morgan fingerprint density at radius 1 is 1.11 bits per heavy atom. The van der Waals surface area contributed by atoms with Gasteiger partial charge in [0.25, 0.3) is 0 Å². The molecule has 0 saturated heterocycles. The van der Waals surface area contributed by atoms with Gasteiger partial charge in [0.2, 0.25) is 15.9 Å². The number of nitrogens with one attached hydrogen (secondary N) is 1. The van der Waals surface area contributed by atoms with E-state index in [1.165, 1.54) is 4.31 Å². The summed E-state index contributed by atoms with van der Waals surface area (Å²) in [6.45, 7) is 4.17. The van der Waals surface area contributed by atoms with Crippen LogP contribution in [0.25, 0.3) is 0 Å². The van der Waals surface area contributed by atoms with Gasteiger partial charge in [0, 0.05) is 23.5 Å². The molecule has 0 aliphatic carbocycles. The number of nitrogens with zero attached hydrogens (tertiary/aromatic N) is 1. The van der Waals surface area contributed by atoms with Crippen molar-refractivity contribution in [1.82, 2.24) is 5.32 Å². The zero-order valence-electron chi connectivity index (χ0n) is 16.5. The second-order valence-electron chi connectivity index (χ2n) is 7.51. The van der Waals surface area contributed by atoms with Gasteiger partial charge in [-0.2, -0.15) is 0 Å². The summed E-state index contributed by atoms with van der Waals surface area (Å²) >= 11 is 5.98. The van der Waals surface area contributed by atoms with Crippen molar-refractivity contribution in [1.29, 1.82) is 0 Å². The van der Waals surface area contributed by atoms with E-state index in [9.17, 15) is 13.2 Å². The molecule has 0 unspecified atom stereocenters. The van der Waals surface area contributed by atoms with E-state index in [1.54, 1.807) is 24.3 Å². The molecule has 5 nitrogen and oxygen atoms in total. The van der Waals surface area contributed by atoms with Crippen molar-refractivity contribution in [2.75, 3.05) is 17.1 Å². The number of hydrogen-bond donors (Lipinski definition) is 1. The average Bonchev–Trinajstić information content (AvgIpc) is 2.57. The quantitative estimate of drug-likeness (QED) is 0.663. The summed E-state index contributed by atoms with van der Waals surface area (Å²) in [4.78, 5) is 12.4. The molecule has 2 aromatic rings. The van der Waals surface area contributed by atoms with Gasteiger partial charge < -0.3 is 5.32 Å². The minimum atomic E-state index is -3.47. The smallest absolute Gasteiger partial charge is 0.232 e. The van der Waals surface area contributed by atoms with E-state index >= 15 is 0 Å². The van der Waals surface area contributed by atoms with Gasteiger partial charge in [0.15, 0.2) is 0 Å². The molecule has 152 valence electrons. The normalized spacial score (nSPS) is 11.9. The maximum absolute atomic E-state index is 12.4. The molecule has 0 fully saturated rings. The third-order valence-electron chi connectivity index (χ3n) is 4.23. The largest absolute Gasteiger partial charge is 0.351 e.